The first-order valence-corrected chi connectivity index (χ1v) is 11.2. The van der Waals surface area contributed by atoms with Gasteiger partial charge < -0.3 is 14.8 Å². The van der Waals surface area contributed by atoms with E-state index in [2.05, 4.69) is 20.8 Å². The minimum absolute atomic E-state index is 0.0642. The molecule has 0 fully saturated rings. The predicted octanol–water partition coefficient (Wildman–Crippen LogP) is 4.03. The summed E-state index contributed by atoms with van der Waals surface area (Å²) in [5.41, 5.74) is 2.39. The molecule has 0 saturated carbocycles. The van der Waals surface area contributed by atoms with Gasteiger partial charge in [0.1, 0.15) is 11.0 Å². The lowest BCUT2D eigenvalue weighted by molar-refractivity contribution is -0.119. The molecule has 4 rings (SSSR count). The van der Waals surface area contributed by atoms with Crippen molar-refractivity contribution in [2.24, 2.45) is 5.92 Å². The highest BCUT2D eigenvalue weighted by Crippen LogP contribution is 2.37. The highest BCUT2D eigenvalue weighted by molar-refractivity contribution is 7.18. The molecule has 166 valence electrons. The first kappa shape index (κ1) is 21.8. The van der Waals surface area contributed by atoms with Gasteiger partial charge in [-0.15, -0.1) is 10.2 Å². The van der Waals surface area contributed by atoms with Crippen LogP contribution in [0.5, 0.6) is 11.5 Å². The summed E-state index contributed by atoms with van der Waals surface area (Å²) in [6.45, 7) is 6.06. The average molecular weight is 453 g/mol. The Bertz CT molecular complexity index is 1130. The highest BCUT2D eigenvalue weighted by Gasteiger charge is 2.27. The van der Waals surface area contributed by atoms with Gasteiger partial charge in [0.2, 0.25) is 17.8 Å². The second kappa shape index (κ2) is 9.35. The summed E-state index contributed by atoms with van der Waals surface area (Å²) in [5.74, 6) is 0.661. The Hall–Kier alpha value is -3.46. The minimum atomic E-state index is -0.702. The highest BCUT2D eigenvalue weighted by atomic mass is 32.1. The maximum Gasteiger partial charge on any atom is 0.251 e. The van der Waals surface area contributed by atoms with Gasteiger partial charge in [0, 0.05) is 11.1 Å². The van der Waals surface area contributed by atoms with Crippen LogP contribution in [0, 0.1) is 12.8 Å². The first-order chi connectivity index (χ1) is 15.4. The third kappa shape index (κ3) is 4.72. The number of nitrogens with one attached hydrogen (secondary N) is 2. The summed E-state index contributed by atoms with van der Waals surface area (Å²) in [6, 6.07) is 12.0. The van der Waals surface area contributed by atoms with Crippen molar-refractivity contribution in [3.8, 4) is 22.1 Å². The van der Waals surface area contributed by atoms with E-state index >= 15 is 0 Å². The fourth-order valence-electron chi connectivity index (χ4n) is 3.23. The van der Waals surface area contributed by atoms with Crippen LogP contribution < -0.4 is 20.1 Å². The molecule has 9 heteroatoms. The summed E-state index contributed by atoms with van der Waals surface area (Å²) in [7, 11) is 0. The Morgan fingerprint density at radius 1 is 1.09 bits per heavy atom. The van der Waals surface area contributed by atoms with E-state index in [1.54, 1.807) is 12.1 Å². The van der Waals surface area contributed by atoms with E-state index in [1.807, 2.05) is 51.1 Å². The van der Waals surface area contributed by atoms with Crippen LogP contribution in [0.3, 0.4) is 0 Å². The largest absolute Gasteiger partial charge is 0.454 e. The smallest absolute Gasteiger partial charge is 0.251 e. The summed E-state index contributed by atoms with van der Waals surface area (Å²) < 4.78 is 10.7. The van der Waals surface area contributed by atoms with Crippen LogP contribution in [0.4, 0.5) is 5.13 Å². The van der Waals surface area contributed by atoms with Gasteiger partial charge in [-0.3, -0.25) is 14.9 Å². The number of hydrogen-bond acceptors (Lipinski definition) is 7. The van der Waals surface area contributed by atoms with Crippen molar-refractivity contribution in [3.63, 3.8) is 0 Å². The molecule has 2 heterocycles. The van der Waals surface area contributed by atoms with Gasteiger partial charge >= 0.3 is 0 Å². The Balaban J connectivity index is 1.46. The van der Waals surface area contributed by atoms with E-state index in [4.69, 9.17) is 9.47 Å². The molecule has 2 aromatic carbocycles. The lowest BCUT2D eigenvalue weighted by atomic mass is 9.98. The minimum Gasteiger partial charge on any atom is -0.454 e. The van der Waals surface area contributed by atoms with Crippen molar-refractivity contribution in [1.29, 1.82) is 0 Å². The zero-order valence-corrected chi connectivity index (χ0v) is 18.9. The number of aromatic nitrogens is 2. The van der Waals surface area contributed by atoms with Crippen LogP contribution >= 0.6 is 11.3 Å². The number of aryl methyl sites for hydroxylation is 1. The molecule has 0 saturated heterocycles. The molecule has 32 heavy (non-hydrogen) atoms. The van der Waals surface area contributed by atoms with Gasteiger partial charge in [-0.1, -0.05) is 49.3 Å². The van der Waals surface area contributed by atoms with Gasteiger partial charge in [-0.2, -0.15) is 0 Å². The third-order valence-electron chi connectivity index (χ3n) is 5.37. The van der Waals surface area contributed by atoms with Crippen LogP contribution in [0.15, 0.2) is 42.5 Å². The number of rotatable bonds is 7. The second-order valence-corrected chi connectivity index (χ2v) is 8.65. The quantitative estimate of drug-likeness (QED) is 0.561. The van der Waals surface area contributed by atoms with Crippen LogP contribution in [-0.4, -0.2) is 34.8 Å². The van der Waals surface area contributed by atoms with Crippen molar-refractivity contribution in [3.05, 3.63) is 53.6 Å². The van der Waals surface area contributed by atoms with Crippen LogP contribution in [0.1, 0.15) is 36.2 Å². The third-order valence-corrected chi connectivity index (χ3v) is 6.26. The zero-order chi connectivity index (χ0) is 22.7. The molecule has 2 atom stereocenters. The molecule has 0 bridgehead atoms. The summed E-state index contributed by atoms with van der Waals surface area (Å²) in [6.07, 6.45) is 0.727. The number of hydrogen-bond donors (Lipinski definition) is 2. The van der Waals surface area contributed by atoms with Gasteiger partial charge in [-0.05, 0) is 43.2 Å². The lowest BCUT2D eigenvalue weighted by Crippen LogP contribution is -2.47. The van der Waals surface area contributed by atoms with E-state index < -0.39 is 6.04 Å². The number of carbonyl (C=O) groups is 2. The molecule has 1 aromatic heterocycles. The van der Waals surface area contributed by atoms with E-state index in [9.17, 15) is 9.59 Å². The zero-order valence-electron chi connectivity index (χ0n) is 18.0. The van der Waals surface area contributed by atoms with E-state index in [0.717, 1.165) is 17.5 Å². The predicted molar refractivity (Wildman–Crippen MR) is 122 cm³/mol. The first-order valence-electron chi connectivity index (χ1n) is 10.4. The Morgan fingerprint density at radius 2 is 1.84 bits per heavy atom. The number of nitrogens with zero attached hydrogens (tertiary/aromatic N) is 2. The molecular formula is C23H24N4O4S. The number of benzene rings is 2. The van der Waals surface area contributed by atoms with Crippen molar-refractivity contribution in [2.45, 2.75) is 33.2 Å². The van der Waals surface area contributed by atoms with E-state index in [0.29, 0.717) is 27.2 Å². The van der Waals surface area contributed by atoms with Crippen LogP contribution in [0.25, 0.3) is 10.6 Å². The van der Waals surface area contributed by atoms with Crippen molar-refractivity contribution in [1.82, 2.24) is 15.5 Å². The second-order valence-electron chi connectivity index (χ2n) is 7.67. The topological polar surface area (TPSA) is 102 Å². The average Bonchev–Trinajstić information content (AvgIpc) is 3.46. The Kier molecular flexibility index (Phi) is 6.36. The number of fused-ring (bicyclic) bond motifs is 1. The molecule has 0 radical (unpaired) electrons. The molecule has 0 aliphatic carbocycles. The van der Waals surface area contributed by atoms with Gasteiger partial charge in [0.15, 0.2) is 11.5 Å². The summed E-state index contributed by atoms with van der Waals surface area (Å²) >= 11 is 1.25. The maximum absolute atomic E-state index is 13.0. The van der Waals surface area contributed by atoms with Crippen LogP contribution in [-0.2, 0) is 4.79 Å². The van der Waals surface area contributed by atoms with Crippen molar-refractivity contribution in [2.75, 3.05) is 12.1 Å². The van der Waals surface area contributed by atoms with Gasteiger partial charge in [-0.25, -0.2) is 0 Å². The Labute approximate surface area is 190 Å². The molecule has 1 aliphatic heterocycles. The van der Waals surface area contributed by atoms with Crippen LogP contribution in [0.2, 0.25) is 0 Å². The number of ether oxygens (including phenoxy) is 2. The molecule has 2 amide bonds. The summed E-state index contributed by atoms with van der Waals surface area (Å²) in [4.78, 5) is 25.7. The fraction of sp³-hybridized carbons (Fsp3) is 0.304. The maximum atomic E-state index is 13.0. The molecule has 1 aliphatic rings. The lowest BCUT2D eigenvalue weighted by Gasteiger charge is -2.23. The standard InChI is InChI=1S/C23H24N4O4S/c1-4-14(3)19(24-20(28)15-7-5-13(2)6-8-15)21(29)25-23-27-26-22(32-23)16-9-10-17-18(11-16)31-12-30-17/h5-11,14,19H,4,12H2,1-3H3,(H,24,28)(H,25,27,29). The molecule has 3 aromatic rings. The number of carbonyl (C=O) groups excluding carboxylic acids is 2. The monoisotopic (exact) mass is 452 g/mol. The van der Waals surface area contributed by atoms with Gasteiger partial charge in [0.25, 0.3) is 5.91 Å². The van der Waals surface area contributed by atoms with Crippen molar-refractivity contribution < 1.29 is 19.1 Å². The molecule has 8 nitrogen and oxygen atoms in total. The normalized spacial score (nSPS) is 14.0. The number of anilines is 1. The van der Waals surface area contributed by atoms with E-state index in [-0.39, 0.29) is 24.5 Å². The molecular weight excluding hydrogens is 428 g/mol. The van der Waals surface area contributed by atoms with Gasteiger partial charge in [0.05, 0.1) is 0 Å². The van der Waals surface area contributed by atoms with E-state index in [1.165, 1.54) is 11.3 Å². The molecule has 2 N–H and O–H groups in total. The molecule has 2 unspecified atom stereocenters. The molecule has 0 spiro atoms. The SMILES string of the molecule is CCC(C)C(NC(=O)c1ccc(C)cc1)C(=O)Nc1nnc(-c2ccc3c(c2)OCO3)s1. The fourth-order valence-corrected chi connectivity index (χ4v) is 3.98. The number of amides is 2. The summed E-state index contributed by atoms with van der Waals surface area (Å²) in [5, 5.41) is 14.9. The van der Waals surface area contributed by atoms with Crippen molar-refractivity contribution >= 4 is 28.3 Å². The Morgan fingerprint density at radius 3 is 2.59 bits per heavy atom.